The fourth-order valence-electron chi connectivity index (χ4n) is 2.95. The Morgan fingerprint density at radius 1 is 1.42 bits per heavy atom. The van der Waals surface area contributed by atoms with Crippen LogP contribution in [0.5, 0.6) is 0 Å². The smallest absolute Gasteiger partial charge is 0.158 e. The molecule has 1 saturated carbocycles. The first kappa shape index (κ1) is 13.0. The van der Waals surface area contributed by atoms with Crippen molar-refractivity contribution in [1.82, 2.24) is 19.3 Å². The van der Waals surface area contributed by atoms with E-state index in [0.717, 1.165) is 35.5 Å². The molecule has 1 aliphatic carbocycles. The standard InChI is InChI=1S/C14H21ClN4/c1-5-9-12-13(18(4)17-9)19(10-8-14(10,2)3)11(16-12)6-7-15/h10H,5-8H2,1-4H3. The minimum absolute atomic E-state index is 0.366. The van der Waals surface area contributed by atoms with Gasteiger partial charge in [-0.3, -0.25) is 4.68 Å². The van der Waals surface area contributed by atoms with E-state index in [9.17, 15) is 0 Å². The summed E-state index contributed by atoms with van der Waals surface area (Å²) in [4.78, 5) is 4.82. The zero-order chi connectivity index (χ0) is 13.8. The van der Waals surface area contributed by atoms with Crippen molar-refractivity contribution in [2.45, 2.75) is 46.1 Å². The highest BCUT2D eigenvalue weighted by atomic mass is 35.5. The molecule has 1 atom stereocenters. The van der Waals surface area contributed by atoms with Crippen LogP contribution in [0.2, 0.25) is 0 Å². The van der Waals surface area contributed by atoms with Crippen molar-refractivity contribution < 1.29 is 0 Å². The average Bonchev–Trinajstić information content (AvgIpc) is 2.72. The highest BCUT2D eigenvalue weighted by molar-refractivity contribution is 6.17. The van der Waals surface area contributed by atoms with Gasteiger partial charge in [0.1, 0.15) is 11.3 Å². The molecule has 104 valence electrons. The van der Waals surface area contributed by atoms with Gasteiger partial charge in [-0.2, -0.15) is 5.10 Å². The van der Waals surface area contributed by atoms with Crippen molar-refractivity contribution >= 4 is 22.8 Å². The molecule has 19 heavy (non-hydrogen) atoms. The molecular formula is C14H21ClN4. The van der Waals surface area contributed by atoms with Crippen LogP contribution in [-0.4, -0.2) is 25.2 Å². The lowest BCUT2D eigenvalue weighted by molar-refractivity contribution is 0.528. The van der Waals surface area contributed by atoms with Crippen LogP contribution in [0, 0.1) is 5.41 Å². The molecule has 0 bridgehead atoms. The predicted octanol–water partition coefficient (Wildman–Crippen LogP) is 3.08. The number of hydrogen-bond donors (Lipinski definition) is 0. The Bertz CT molecular complexity index is 623. The van der Waals surface area contributed by atoms with Gasteiger partial charge in [-0.1, -0.05) is 20.8 Å². The SMILES string of the molecule is CCc1nn(C)c2c1nc(CCCl)n2C1CC1(C)C. The first-order valence-electron chi connectivity index (χ1n) is 6.98. The van der Waals surface area contributed by atoms with Crippen molar-refractivity contribution in [1.29, 1.82) is 0 Å². The Hall–Kier alpha value is -1.03. The fourth-order valence-corrected chi connectivity index (χ4v) is 3.12. The first-order valence-corrected chi connectivity index (χ1v) is 7.51. The van der Waals surface area contributed by atoms with Crippen molar-refractivity contribution in [3.8, 4) is 0 Å². The summed E-state index contributed by atoms with van der Waals surface area (Å²) < 4.78 is 4.36. The van der Waals surface area contributed by atoms with Crippen LogP contribution in [0.1, 0.15) is 44.8 Å². The highest BCUT2D eigenvalue weighted by Crippen LogP contribution is 2.56. The number of alkyl halides is 1. The van der Waals surface area contributed by atoms with Crippen LogP contribution >= 0.6 is 11.6 Å². The fraction of sp³-hybridized carbons (Fsp3) is 0.714. The van der Waals surface area contributed by atoms with Gasteiger partial charge in [0.2, 0.25) is 0 Å². The summed E-state index contributed by atoms with van der Waals surface area (Å²) in [7, 11) is 2.01. The minimum Gasteiger partial charge on any atom is -0.309 e. The van der Waals surface area contributed by atoms with E-state index in [-0.39, 0.29) is 0 Å². The van der Waals surface area contributed by atoms with E-state index in [1.54, 1.807) is 0 Å². The number of imidazole rings is 1. The number of halogens is 1. The molecule has 5 heteroatoms. The summed E-state index contributed by atoms with van der Waals surface area (Å²) in [6, 6.07) is 0.538. The van der Waals surface area contributed by atoms with Crippen LogP contribution in [0.3, 0.4) is 0 Å². The zero-order valence-electron chi connectivity index (χ0n) is 12.1. The number of rotatable bonds is 4. The summed E-state index contributed by atoms with van der Waals surface area (Å²) in [6.45, 7) is 6.75. The Labute approximate surface area is 118 Å². The molecule has 3 rings (SSSR count). The Morgan fingerprint density at radius 2 is 2.11 bits per heavy atom. The van der Waals surface area contributed by atoms with E-state index >= 15 is 0 Å². The first-order chi connectivity index (χ1) is 8.99. The van der Waals surface area contributed by atoms with Crippen LogP contribution in [0.15, 0.2) is 0 Å². The minimum atomic E-state index is 0.366. The molecule has 0 N–H and O–H groups in total. The predicted molar refractivity (Wildman–Crippen MR) is 77.7 cm³/mol. The van der Waals surface area contributed by atoms with E-state index in [1.165, 1.54) is 6.42 Å². The summed E-state index contributed by atoms with van der Waals surface area (Å²) in [6.07, 6.45) is 2.95. The topological polar surface area (TPSA) is 35.6 Å². The van der Waals surface area contributed by atoms with Gasteiger partial charge in [0.15, 0.2) is 5.65 Å². The van der Waals surface area contributed by atoms with Crippen molar-refractivity contribution in [2.24, 2.45) is 12.5 Å². The molecule has 0 saturated heterocycles. The van der Waals surface area contributed by atoms with Gasteiger partial charge in [0.25, 0.3) is 0 Å². The third-order valence-corrected chi connectivity index (χ3v) is 4.42. The number of aromatic nitrogens is 4. The number of nitrogens with zero attached hydrogens (tertiary/aromatic N) is 4. The number of fused-ring (bicyclic) bond motifs is 1. The average molecular weight is 281 g/mol. The van der Waals surface area contributed by atoms with Crippen LogP contribution in [0.25, 0.3) is 11.2 Å². The molecule has 2 aromatic rings. The van der Waals surface area contributed by atoms with Gasteiger partial charge in [0.05, 0.1) is 5.69 Å². The molecular weight excluding hydrogens is 260 g/mol. The largest absolute Gasteiger partial charge is 0.309 e. The third-order valence-electron chi connectivity index (χ3n) is 4.24. The monoisotopic (exact) mass is 280 g/mol. The van der Waals surface area contributed by atoms with Gasteiger partial charge in [-0.15, -0.1) is 11.6 Å². The van der Waals surface area contributed by atoms with Crippen LogP contribution < -0.4 is 0 Å². The van der Waals surface area contributed by atoms with E-state index in [1.807, 2.05) is 11.7 Å². The Balaban J connectivity index is 2.21. The molecule has 2 heterocycles. The third kappa shape index (κ3) is 1.88. The Kier molecular flexibility index (Phi) is 2.89. The molecule has 1 fully saturated rings. The number of hydrogen-bond acceptors (Lipinski definition) is 2. The van der Waals surface area contributed by atoms with Gasteiger partial charge in [-0.25, -0.2) is 4.98 Å². The number of aryl methyl sites for hydroxylation is 3. The molecule has 2 aromatic heterocycles. The molecule has 1 unspecified atom stereocenters. The summed E-state index contributed by atoms with van der Waals surface area (Å²) >= 11 is 5.94. The lowest BCUT2D eigenvalue weighted by Crippen LogP contribution is -2.09. The van der Waals surface area contributed by atoms with E-state index in [0.29, 0.717) is 17.3 Å². The van der Waals surface area contributed by atoms with Gasteiger partial charge >= 0.3 is 0 Å². The van der Waals surface area contributed by atoms with E-state index < -0.39 is 0 Å². The van der Waals surface area contributed by atoms with Crippen molar-refractivity contribution in [3.05, 3.63) is 11.5 Å². The molecule has 0 radical (unpaired) electrons. The Morgan fingerprint density at radius 3 is 2.63 bits per heavy atom. The molecule has 0 aromatic carbocycles. The quantitative estimate of drug-likeness (QED) is 0.807. The maximum absolute atomic E-state index is 5.94. The molecule has 0 spiro atoms. The van der Waals surface area contributed by atoms with E-state index in [4.69, 9.17) is 16.6 Å². The van der Waals surface area contributed by atoms with Crippen molar-refractivity contribution in [2.75, 3.05) is 5.88 Å². The van der Waals surface area contributed by atoms with E-state index in [2.05, 4.69) is 30.4 Å². The molecule has 0 aliphatic heterocycles. The van der Waals surface area contributed by atoms with Gasteiger partial charge < -0.3 is 4.57 Å². The zero-order valence-corrected chi connectivity index (χ0v) is 12.8. The van der Waals surface area contributed by atoms with Crippen LogP contribution in [-0.2, 0) is 19.9 Å². The summed E-state index contributed by atoms with van der Waals surface area (Å²) in [5, 5.41) is 4.59. The second kappa shape index (κ2) is 4.23. The molecule has 1 aliphatic rings. The maximum atomic E-state index is 5.94. The normalized spacial score (nSPS) is 21.2. The molecule has 4 nitrogen and oxygen atoms in total. The van der Waals surface area contributed by atoms with Crippen molar-refractivity contribution in [3.63, 3.8) is 0 Å². The lowest BCUT2D eigenvalue weighted by atomic mass is 10.2. The van der Waals surface area contributed by atoms with Gasteiger partial charge in [0, 0.05) is 25.4 Å². The lowest BCUT2D eigenvalue weighted by Gasteiger charge is -2.10. The summed E-state index contributed by atoms with van der Waals surface area (Å²) in [5.74, 6) is 1.73. The van der Waals surface area contributed by atoms with Crippen LogP contribution in [0.4, 0.5) is 0 Å². The second-order valence-electron chi connectivity index (χ2n) is 6.14. The highest BCUT2D eigenvalue weighted by Gasteiger charge is 2.49. The molecule has 0 amide bonds. The van der Waals surface area contributed by atoms with Gasteiger partial charge in [-0.05, 0) is 18.3 Å². The maximum Gasteiger partial charge on any atom is 0.158 e. The summed E-state index contributed by atoms with van der Waals surface area (Å²) in [5.41, 5.74) is 3.68. The second-order valence-corrected chi connectivity index (χ2v) is 6.52.